The van der Waals surface area contributed by atoms with Crippen molar-refractivity contribution in [3.8, 4) is 5.75 Å². The second kappa shape index (κ2) is 5.41. The number of thiazole rings is 1. The van der Waals surface area contributed by atoms with E-state index in [-0.39, 0.29) is 6.54 Å². The van der Waals surface area contributed by atoms with Crippen LogP contribution >= 0.6 is 11.3 Å². The first-order chi connectivity index (χ1) is 10.1. The SMILES string of the molecule is O=C(O)C1CN(C(=O)Nc2nccs2)c2ccccc2O1. The highest BCUT2D eigenvalue weighted by Gasteiger charge is 2.33. The van der Waals surface area contributed by atoms with Crippen LogP contribution in [0, 0.1) is 0 Å². The van der Waals surface area contributed by atoms with E-state index in [1.165, 1.54) is 16.2 Å². The van der Waals surface area contributed by atoms with Crippen molar-refractivity contribution in [3.05, 3.63) is 35.8 Å². The van der Waals surface area contributed by atoms with Gasteiger partial charge in [0.2, 0.25) is 6.10 Å². The molecule has 108 valence electrons. The Morgan fingerprint density at radius 1 is 1.43 bits per heavy atom. The van der Waals surface area contributed by atoms with Crippen LogP contribution in [0.4, 0.5) is 15.6 Å². The summed E-state index contributed by atoms with van der Waals surface area (Å²) in [7, 11) is 0. The minimum atomic E-state index is -1.11. The normalized spacial score (nSPS) is 16.8. The molecule has 7 nitrogen and oxygen atoms in total. The molecule has 1 aromatic carbocycles. The third-order valence-corrected chi connectivity index (χ3v) is 3.63. The second-order valence-electron chi connectivity index (χ2n) is 4.29. The Bertz CT molecular complexity index is 674. The molecule has 0 spiro atoms. The first-order valence-corrected chi connectivity index (χ1v) is 6.99. The van der Waals surface area contributed by atoms with Gasteiger partial charge in [-0.1, -0.05) is 12.1 Å². The summed E-state index contributed by atoms with van der Waals surface area (Å²) >= 11 is 1.29. The molecule has 0 aliphatic carbocycles. The fraction of sp³-hybridized carbons (Fsp3) is 0.154. The summed E-state index contributed by atoms with van der Waals surface area (Å²) in [5, 5.41) is 14.0. The summed E-state index contributed by atoms with van der Waals surface area (Å²) in [5.41, 5.74) is 0.532. The summed E-state index contributed by atoms with van der Waals surface area (Å²) in [5.74, 6) is -0.748. The van der Waals surface area contributed by atoms with Gasteiger partial charge in [-0.05, 0) is 12.1 Å². The zero-order valence-electron chi connectivity index (χ0n) is 10.7. The summed E-state index contributed by atoms with van der Waals surface area (Å²) in [6.45, 7) is -0.0659. The van der Waals surface area contributed by atoms with Gasteiger partial charge in [0, 0.05) is 11.6 Å². The van der Waals surface area contributed by atoms with Crippen molar-refractivity contribution in [2.75, 3.05) is 16.8 Å². The molecule has 0 saturated carbocycles. The topological polar surface area (TPSA) is 91.8 Å². The lowest BCUT2D eigenvalue weighted by Gasteiger charge is -2.32. The molecule has 0 fully saturated rings. The number of fused-ring (bicyclic) bond motifs is 1. The Labute approximate surface area is 123 Å². The number of benzene rings is 1. The highest BCUT2D eigenvalue weighted by molar-refractivity contribution is 7.13. The Kier molecular flexibility index (Phi) is 3.44. The number of anilines is 2. The maximum absolute atomic E-state index is 12.3. The van der Waals surface area contributed by atoms with Gasteiger partial charge in [0.15, 0.2) is 5.13 Å². The number of carbonyl (C=O) groups excluding carboxylic acids is 1. The van der Waals surface area contributed by atoms with Crippen LogP contribution in [0.5, 0.6) is 5.75 Å². The predicted molar refractivity (Wildman–Crippen MR) is 77.0 cm³/mol. The van der Waals surface area contributed by atoms with Gasteiger partial charge in [-0.2, -0.15) is 0 Å². The molecule has 8 heteroatoms. The molecule has 1 atom stereocenters. The standard InChI is InChI=1S/C13H11N3O4S/c17-11(18)10-7-16(8-3-1-2-4-9(8)20-10)13(19)15-12-14-5-6-21-12/h1-6,10H,7H2,(H,17,18)(H,14,15,19). The van der Waals surface area contributed by atoms with Crippen molar-refractivity contribution in [2.24, 2.45) is 0 Å². The fourth-order valence-electron chi connectivity index (χ4n) is 2.00. The van der Waals surface area contributed by atoms with Crippen LogP contribution in [0.25, 0.3) is 0 Å². The van der Waals surface area contributed by atoms with Crippen molar-refractivity contribution < 1.29 is 19.4 Å². The van der Waals surface area contributed by atoms with Crippen LogP contribution in [0.15, 0.2) is 35.8 Å². The number of hydrogen-bond acceptors (Lipinski definition) is 5. The zero-order chi connectivity index (χ0) is 14.8. The molecule has 2 amide bonds. The first-order valence-electron chi connectivity index (χ1n) is 6.11. The third kappa shape index (κ3) is 2.65. The minimum Gasteiger partial charge on any atom is -0.478 e. The molecule has 1 aliphatic rings. The number of nitrogens with one attached hydrogen (secondary N) is 1. The number of carbonyl (C=O) groups is 2. The van der Waals surface area contributed by atoms with Crippen molar-refractivity contribution in [1.82, 2.24) is 4.98 Å². The molecule has 0 radical (unpaired) electrons. The number of aromatic nitrogens is 1. The van der Waals surface area contributed by atoms with Crippen molar-refractivity contribution in [1.29, 1.82) is 0 Å². The Morgan fingerprint density at radius 2 is 2.24 bits per heavy atom. The van der Waals surface area contributed by atoms with E-state index in [1.807, 2.05) is 0 Å². The van der Waals surface area contributed by atoms with E-state index in [0.717, 1.165) is 0 Å². The number of aliphatic carboxylic acids is 1. The lowest BCUT2D eigenvalue weighted by molar-refractivity contribution is -0.144. The van der Waals surface area contributed by atoms with Crippen LogP contribution < -0.4 is 15.0 Å². The molecule has 2 heterocycles. The van der Waals surface area contributed by atoms with E-state index in [4.69, 9.17) is 9.84 Å². The van der Waals surface area contributed by atoms with E-state index < -0.39 is 18.1 Å². The van der Waals surface area contributed by atoms with Crippen LogP contribution in [-0.2, 0) is 4.79 Å². The predicted octanol–water partition coefficient (Wildman–Crippen LogP) is 2.03. The van der Waals surface area contributed by atoms with Crippen molar-refractivity contribution >= 4 is 34.2 Å². The summed E-state index contributed by atoms with van der Waals surface area (Å²) in [6.07, 6.45) is 0.482. The highest BCUT2D eigenvalue weighted by atomic mass is 32.1. The monoisotopic (exact) mass is 305 g/mol. The summed E-state index contributed by atoms with van der Waals surface area (Å²) in [6, 6.07) is 6.38. The van der Waals surface area contributed by atoms with E-state index in [1.54, 1.807) is 35.8 Å². The van der Waals surface area contributed by atoms with Gasteiger partial charge >= 0.3 is 12.0 Å². The van der Waals surface area contributed by atoms with E-state index >= 15 is 0 Å². The van der Waals surface area contributed by atoms with Gasteiger partial charge in [-0.15, -0.1) is 11.3 Å². The maximum atomic E-state index is 12.3. The number of carboxylic acids is 1. The van der Waals surface area contributed by atoms with Gasteiger partial charge in [-0.25, -0.2) is 14.6 Å². The van der Waals surface area contributed by atoms with Gasteiger partial charge in [-0.3, -0.25) is 10.2 Å². The molecule has 21 heavy (non-hydrogen) atoms. The second-order valence-corrected chi connectivity index (χ2v) is 5.19. The van der Waals surface area contributed by atoms with E-state index in [9.17, 15) is 9.59 Å². The maximum Gasteiger partial charge on any atom is 0.346 e. The van der Waals surface area contributed by atoms with Crippen LogP contribution in [0.1, 0.15) is 0 Å². The lowest BCUT2D eigenvalue weighted by Crippen LogP contribution is -2.48. The quantitative estimate of drug-likeness (QED) is 0.885. The molecule has 1 unspecified atom stereocenters. The average molecular weight is 305 g/mol. The molecule has 0 bridgehead atoms. The van der Waals surface area contributed by atoms with Gasteiger partial charge in [0.1, 0.15) is 5.75 Å². The molecule has 3 rings (SSSR count). The van der Waals surface area contributed by atoms with Crippen LogP contribution in [0.2, 0.25) is 0 Å². The van der Waals surface area contributed by atoms with Crippen LogP contribution in [0.3, 0.4) is 0 Å². The van der Waals surface area contributed by atoms with Gasteiger partial charge in [0.05, 0.1) is 12.2 Å². The minimum absolute atomic E-state index is 0.0659. The van der Waals surface area contributed by atoms with Crippen LogP contribution in [-0.4, -0.2) is 34.7 Å². The molecule has 2 aromatic rings. The Hall–Kier alpha value is -2.61. The molecular formula is C13H11N3O4S. The number of nitrogens with zero attached hydrogens (tertiary/aromatic N) is 2. The molecule has 2 N–H and O–H groups in total. The molecule has 1 aliphatic heterocycles. The third-order valence-electron chi connectivity index (χ3n) is 2.94. The molecule has 0 saturated heterocycles. The first kappa shape index (κ1) is 13.4. The number of urea groups is 1. The fourth-order valence-corrected chi connectivity index (χ4v) is 2.52. The average Bonchev–Trinajstić information content (AvgIpc) is 2.98. The number of carboxylic acid groups (broad SMARTS) is 1. The Balaban J connectivity index is 1.89. The summed E-state index contributed by atoms with van der Waals surface area (Å²) < 4.78 is 5.37. The van der Waals surface area contributed by atoms with E-state index in [2.05, 4.69) is 10.3 Å². The lowest BCUT2D eigenvalue weighted by atomic mass is 10.2. The molecule has 1 aromatic heterocycles. The molecular weight excluding hydrogens is 294 g/mol. The zero-order valence-corrected chi connectivity index (χ0v) is 11.5. The number of para-hydroxylation sites is 2. The highest BCUT2D eigenvalue weighted by Crippen LogP contribution is 2.33. The van der Waals surface area contributed by atoms with Gasteiger partial charge in [0.25, 0.3) is 0 Å². The number of amides is 2. The van der Waals surface area contributed by atoms with Crippen molar-refractivity contribution in [2.45, 2.75) is 6.10 Å². The van der Waals surface area contributed by atoms with E-state index in [0.29, 0.717) is 16.6 Å². The summed E-state index contributed by atoms with van der Waals surface area (Å²) in [4.78, 5) is 28.8. The van der Waals surface area contributed by atoms with Gasteiger partial charge < -0.3 is 9.84 Å². The Morgan fingerprint density at radius 3 is 2.95 bits per heavy atom. The smallest absolute Gasteiger partial charge is 0.346 e. The number of ether oxygens (including phenoxy) is 1. The number of rotatable bonds is 2. The number of hydrogen-bond donors (Lipinski definition) is 2. The largest absolute Gasteiger partial charge is 0.478 e. The van der Waals surface area contributed by atoms with Crippen molar-refractivity contribution in [3.63, 3.8) is 0 Å².